The van der Waals surface area contributed by atoms with Crippen LogP contribution < -0.4 is 5.32 Å². The topological polar surface area (TPSA) is 73.2 Å². The van der Waals surface area contributed by atoms with E-state index in [-0.39, 0.29) is 10.9 Å². The van der Waals surface area contributed by atoms with Gasteiger partial charge in [-0.2, -0.15) is 9.57 Å². The van der Waals surface area contributed by atoms with E-state index in [1.54, 1.807) is 0 Å². The van der Waals surface area contributed by atoms with Crippen LogP contribution in [-0.2, 0) is 10.0 Å². The summed E-state index contributed by atoms with van der Waals surface area (Å²) in [5.41, 5.74) is 0.461. The van der Waals surface area contributed by atoms with Crippen LogP contribution >= 0.6 is 0 Å². The Hall–Kier alpha value is -1.42. The Morgan fingerprint density at radius 3 is 2.61 bits per heavy atom. The van der Waals surface area contributed by atoms with Gasteiger partial charge in [-0.1, -0.05) is 0 Å². The molecule has 1 heterocycles. The zero-order valence-corrected chi connectivity index (χ0v) is 10.9. The quantitative estimate of drug-likeness (QED) is 0.847. The molecule has 1 N–H and O–H groups in total. The van der Waals surface area contributed by atoms with Crippen molar-refractivity contribution >= 4 is 10.0 Å². The van der Waals surface area contributed by atoms with E-state index in [9.17, 15) is 8.42 Å². The Bertz CT molecular complexity index is 560. The van der Waals surface area contributed by atoms with E-state index in [1.807, 2.05) is 13.0 Å². The number of hydrogen-bond donors (Lipinski definition) is 1. The van der Waals surface area contributed by atoms with Gasteiger partial charge in [0.15, 0.2) is 0 Å². The highest BCUT2D eigenvalue weighted by Crippen LogP contribution is 2.17. The summed E-state index contributed by atoms with van der Waals surface area (Å²) in [6.07, 6.45) is 0. The van der Waals surface area contributed by atoms with Crippen LogP contribution in [-0.4, -0.2) is 38.4 Å². The molecule has 1 fully saturated rings. The Morgan fingerprint density at radius 1 is 1.39 bits per heavy atom. The van der Waals surface area contributed by atoms with Gasteiger partial charge in [0, 0.05) is 25.7 Å². The Labute approximate surface area is 107 Å². The molecule has 0 spiro atoms. The van der Waals surface area contributed by atoms with Gasteiger partial charge < -0.3 is 5.32 Å². The first-order valence-electron chi connectivity index (χ1n) is 5.78. The lowest BCUT2D eigenvalue weighted by molar-refractivity contribution is 0.310. The highest BCUT2D eigenvalue weighted by Gasteiger charge is 2.28. The summed E-state index contributed by atoms with van der Waals surface area (Å²) in [6.45, 7) is 3.58. The molecule has 1 aromatic carbocycles. The van der Waals surface area contributed by atoms with Crippen LogP contribution in [0.3, 0.4) is 0 Å². The van der Waals surface area contributed by atoms with Gasteiger partial charge in [0.25, 0.3) is 0 Å². The van der Waals surface area contributed by atoms with E-state index in [1.165, 1.54) is 28.6 Å². The van der Waals surface area contributed by atoms with E-state index in [4.69, 9.17) is 5.26 Å². The maximum Gasteiger partial charge on any atom is 0.243 e. The molecule has 18 heavy (non-hydrogen) atoms. The molecule has 0 bridgehead atoms. The van der Waals surface area contributed by atoms with Gasteiger partial charge in [-0.25, -0.2) is 8.42 Å². The molecule has 1 aliphatic rings. The average Bonchev–Trinajstić information content (AvgIpc) is 2.39. The van der Waals surface area contributed by atoms with Crippen molar-refractivity contribution < 1.29 is 8.42 Å². The van der Waals surface area contributed by atoms with Crippen LogP contribution in [0, 0.1) is 11.3 Å². The van der Waals surface area contributed by atoms with Crippen molar-refractivity contribution in [2.75, 3.05) is 19.6 Å². The molecule has 0 aliphatic carbocycles. The second-order valence-corrected chi connectivity index (χ2v) is 6.29. The standard InChI is InChI=1S/C12H15N3O2S/c1-10-9-15(7-6-14-10)18(16,17)12-4-2-11(8-13)3-5-12/h2-5,10,14H,6-7,9H2,1H3. The third-order valence-electron chi connectivity index (χ3n) is 2.95. The normalized spacial score (nSPS) is 21.4. The fourth-order valence-corrected chi connectivity index (χ4v) is 3.50. The summed E-state index contributed by atoms with van der Waals surface area (Å²) in [6, 6.07) is 8.16. The van der Waals surface area contributed by atoms with Gasteiger partial charge in [0.05, 0.1) is 16.5 Å². The lowest BCUT2D eigenvalue weighted by Crippen LogP contribution is -2.51. The molecule has 0 saturated carbocycles. The molecule has 1 unspecified atom stereocenters. The summed E-state index contributed by atoms with van der Waals surface area (Å²) < 4.78 is 26.2. The highest BCUT2D eigenvalue weighted by molar-refractivity contribution is 7.89. The maximum atomic E-state index is 12.3. The smallest absolute Gasteiger partial charge is 0.243 e. The lowest BCUT2D eigenvalue weighted by atomic mass is 10.2. The van der Waals surface area contributed by atoms with Crippen LogP contribution in [0.4, 0.5) is 0 Å². The van der Waals surface area contributed by atoms with Crippen molar-refractivity contribution in [2.24, 2.45) is 0 Å². The monoisotopic (exact) mass is 265 g/mol. The number of benzene rings is 1. The number of piperazine rings is 1. The molecule has 5 nitrogen and oxygen atoms in total. The molecule has 96 valence electrons. The zero-order chi connectivity index (χ0) is 13.2. The van der Waals surface area contributed by atoms with Gasteiger partial charge in [-0.3, -0.25) is 0 Å². The molecule has 0 aromatic heterocycles. The Kier molecular flexibility index (Phi) is 3.66. The molecule has 1 saturated heterocycles. The van der Waals surface area contributed by atoms with Crippen molar-refractivity contribution in [3.05, 3.63) is 29.8 Å². The predicted molar refractivity (Wildman–Crippen MR) is 67.4 cm³/mol. The number of sulfonamides is 1. The largest absolute Gasteiger partial charge is 0.312 e. The summed E-state index contributed by atoms with van der Waals surface area (Å²) in [7, 11) is -3.44. The SMILES string of the molecule is CC1CN(S(=O)(=O)c2ccc(C#N)cc2)CCN1. The van der Waals surface area contributed by atoms with Crippen LogP contribution in [0.25, 0.3) is 0 Å². The first-order chi connectivity index (χ1) is 8.54. The van der Waals surface area contributed by atoms with Crippen LogP contribution in [0.5, 0.6) is 0 Å². The summed E-state index contributed by atoms with van der Waals surface area (Å²) in [4.78, 5) is 0.246. The van der Waals surface area contributed by atoms with Gasteiger partial charge in [-0.05, 0) is 31.2 Å². The minimum Gasteiger partial charge on any atom is -0.312 e. The molecule has 0 radical (unpaired) electrons. The van der Waals surface area contributed by atoms with E-state index < -0.39 is 10.0 Å². The van der Waals surface area contributed by atoms with Crippen molar-refractivity contribution in [2.45, 2.75) is 17.9 Å². The van der Waals surface area contributed by atoms with Gasteiger partial charge in [0.2, 0.25) is 10.0 Å². The maximum absolute atomic E-state index is 12.3. The molecule has 2 rings (SSSR count). The number of nitrogens with one attached hydrogen (secondary N) is 1. The van der Waals surface area contributed by atoms with Crippen molar-refractivity contribution in [1.82, 2.24) is 9.62 Å². The predicted octanol–water partition coefficient (Wildman–Crippen LogP) is 0.541. The van der Waals surface area contributed by atoms with Gasteiger partial charge >= 0.3 is 0 Å². The van der Waals surface area contributed by atoms with E-state index in [0.29, 0.717) is 25.2 Å². The van der Waals surface area contributed by atoms with Gasteiger partial charge in [0.1, 0.15) is 0 Å². The van der Waals surface area contributed by atoms with Crippen molar-refractivity contribution in [3.8, 4) is 6.07 Å². The summed E-state index contributed by atoms with van der Waals surface area (Å²) in [5.74, 6) is 0. The Morgan fingerprint density at radius 2 is 2.06 bits per heavy atom. The minimum atomic E-state index is -3.44. The van der Waals surface area contributed by atoms with Crippen LogP contribution in [0.1, 0.15) is 12.5 Å². The second kappa shape index (κ2) is 5.06. The molecule has 1 aliphatic heterocycles. The molecular weight excluding hydrogens is 250 g/mol. The number of nitriles is 1. The number of hydrogen-bond acceptors (Lipinski definition) is 4. The van der Waals surface area contributed by atoms with Gasteiger partial charge in [-0.15, -0.1) is 0 Å². The molecular formula is C12H15N3O2S. The first-order valence-corrected chi connectivity index (χ1v) is 7.22. The van der Waals surface area contributed by atoms with E-state index in [0.717, 1.165) is 0 Å². The average molecular weight is 265 g/mol. The second-order valence-electron chi connectivity index (χ2n) is 4.35. The molecule has 1 atom stereocenters. The number of rotatable bonds is 2. The van der Waals surface area contributed by atoms with E-state index >= 15 is 0 Å². The fraction of sp³-hybridized carbons (Fsp3) is 0.417. The molecule has 6 heteroatoms. The van der Waals surface area contributed by atoms with Crippen molar-refractivity contribution in [1.29, 1.82) is 5.26 Å². The molecule has 0 amide bonds. The van der Waals surface area contributed by atoms with Crippen molar-refractivity contribution in [3.63, 3.8) is 0 Å². The Balaban J connectivity index is 2.27. The van der Waals surface area contributed by atoms with Crippen LogP contribution in [0.2, 0.25) is 0 Å². The third-order valence-corrected chi connectivity index (χ3v) is 4.83. The third kappa shape index (κ3) is 2.53. The summed E-state index contributed by atoms with van der Waals surface area (Å²) in [5, 5.41) is 11.9. The zero-order valence-electron chi connectivity index (χ0n) is 10.1. The van der Waals surface area contributed by atoms with Crippen LogP contribution in [0.15, 0.2) is 29.2 Å². The fourth-order valence-electron chi connectivity index (χ4n) is 1.97. The molecule has 1 aromatic rings. The number of nitrogens with zero attached hydrogens (tertiary/aromatic N) is 2. The van der Waals surface area contributed by atoms with E-state index in [2.05, 4.69) is 5.32 Å². The summed E-state index contributed by atoms with van der Waals surface area (Å²) >= 11 is 0. The first kappa shape index (κ1) is 13.0. The minimum absolute atomic E-state index is 0.159. The highest BCUT2D eigenvalue weighted by atomic mass is 32.2. The lowest BCUT2D eigenvalue weighted by Gasteiger charge is -2.30.